The van der Waals surface area contributed by atoms with E-state index < -0.39 is 5.60 Å². The van der Waals surface area contributed by atoms with Gasteiger partial charge in [-0.05, 0) is 117 Å². The minimum absolute atomic E-state index is 0.144. The van der Waals surface area contributed by atoms with Crippen molar-refractivity contribution in [1.82, 2.24) is 0 Å². The van der Waals surface area contributed by atoms with Crippen LogP contribution in [-0.2, 0) is 0 Å². The van der Waals surface area contributed by atoms with Crippen LogP contribution in [-0.4, -0.2) is 21.9 Å². The van der Waals surface area contributed by atoms with Crippen LogP contribution in [0.15, 0.2) is 11.6 Å². The maximum absolute atomic E-state index is 10.7. The fourth-order valence-electron chi connectivity index (χ4n) is 8.64. The molecular formula is C28H48O2. The highest BCUT2D eigenvalue weighted by Crippen LogP contribution is 2.67. The normalized spacial score (nSPS) is 47.8. The van der Waals surface area contributed by atoms with E-state index in [9.17, 15) is 10.2 Å². The zero-order chi connectivity index (χ0) is 21.9. The Morgan fingerprint density at radius 2 is 1.73 bits per heavy atom. The maximum Gasteiger partial charge on any atom is 0.0623 e. The molecule has 4 rings (SSSR count). The zero-order valence-electron chi connectivity index (χ0n) is 20.6. The molecule has 9 atom stereocenters. The Hall–Kier alpha value is -0.340. The number of hydrogen-bond donors (Lipinski definition) is 2. The van der Waals surface area contributed by atoms with Crippen molar-refractivity contribution in [1.29, 1.82) is 0 Å². The van der Waals surface area contributed by atoms with Gasteiger partial charge in [-0.3, -0.25) is 0 Å². The average Bonchev–Trinajstić information content (AvgIpc) is 3.03. The lowest BCUT2D eigenvalue weighted by Gasteiger charge is -2.58. The molecule has 0 saturated heterocycles. The van der Waals surface area contributed by atoms with Crippen LogP contribution >= 0.6 is 0 Å². The van der Waals surface area contributed by atoms with Crippen LogP contribution in [0.4, 0.5) is 0 Å². The molecular weight excluding hydrogens is 368 g/mol. The van der Waals surface area contributed by atoms with Gasteiger partial charge in [0.05, 0.1) is 11.7 Å². The predicted octanol–water partition coefficient (Wildman–Crippen LogP) is 6.75. The summed E-state index contributed by atoms with van der Waals surface area (Å²) in [6.45, 7) is 13.9. The molecule has 0 aromatic carbocycles. The summed E-state index contributed by atoms with van der Waals surface area (Å²) in [6, 6.07) is 0. The number of aliphatic hydroxyl groups is 2. The van der Waals surface area contributed by atoms with Gasteiger partial charge in [-0.1, -0.05) is 46.3 Å². The second-order valence-electron chi connectivity index (χ2n) is 13.0. The highest BCUT2D eigenvalue weighted by atomic mass is 16.3. The first-order valence-corrected chi connectivity index (χ1v) is 13.1. The molecule has 0 spiro atoms. The summed E-state index contributed by atoms with van der Waals surface area (Å²) in [5.41, 5.74) is 2.12. The standard InChI is InChI=1S/C28H48O2/c1-18(2)25(29)12-7-19(3)22-10-11-23-21-9-8-20-17-26(4,30)15-16-27(20,5)24(21)13-14-28(22,23)6/h13,18-23,25,29-30H,7-12,14-17H2,1-6H3/t19-,20+,21+,22-,23+,25+,26+,27+,28-/m1/s1. The van der Waals surface area contributed by atoms with Gasteiger partial charge < -0.3 is 10.2 Å². The molecule has 0 heterocycles. The van der Waals surface area contributed by atoms with Crippen LogP contribution in [0.5, 0.6) is 0 Å². The van der Waals surface area contributed by atoms with E-state index in [0.29, 0.717) is 28.6 Å². The van der Waals surface area contributed by atoms with Gasteiger partial charge in [-0.15, -0.1) is 0 Å². The Labute approximate surface area is 185 Å². The highest BCUT2D eigenvalue weighted by molar-refractivity contribution is 5.29. The molecule has 2 N–H and O–H groups in total. The van der Waals surface area contributed by atoms with Crippen molar-refractivity contribution in [2.45, 2.75) is 117 Å². The molecule has 3 fully saturated rings. The summed E-state index contributed by atoms with van der Waals surface area (Å²) < 4.78 is 0. The monoisotopic (exact) mass is 416 g/mol. The van der Waals surface area contributed by atoms with Crippen molar-refractivity contribution in [2.75, 3.05) is 0 Å². The molecule has 0 unspecified atom stereocenters. The second kappa shape index (κ2) is 7.91. The minimum atomic E-state index is -0.449. The fourth-order valence-corrected chi connectivity index (χ4v) is 8.64. The third-order valence-corrected chi connectivity index (χ3v) is 10.8. The van der Waals surface area contributed by atoms with E-state index in [1.165, 1.54) is 44.9 Å². The Kier molecular flexibility index (Phi) is 6.02. The van der Waals surface area contributed by atoms with Gasteiger partial charge >= 0.3 is 0 Å². The van der Waals surface area contributed by atoms with E-state index in [4.69, 9.17) is 0 Å². The van der Waals surface area contributed by atoms with E-state index >= 15 is 0 Å². The number of allylic oxidation sites excluding steroid dienone is 2. The molecule has 2 heteroatoms. The van der Waals surface area contributed by atoms with Crippen molar-refractivity contribution in [3.8, 4) is 0 Å². The van der Waals surface area contributed by atoms with Gasteiger partial charge in [0.2, 0.25) is 0 Å². The maximum atomic E-state index is 10.7. The summed E-state index contributed by atoms with van der Waals surface area (Å²) >= 11 is 0. The van der Waals surface area contributed by atoms with Gasteiger partial charge in [-0.25, -0.2) is 0 Å². The summed E-state index contributed by atoms with van der Waals surface area (Å²) in [7, 11) is 0. The molecule has 3 saturated carbocycles. The third-order valence-electron chi connectivity index (χ3n) is 10.8. The quantitative estimate of drug-likeness (QED) is 0.487. The third kappa shape index (κ3) is 3.72. The average molecular weight is 417 g/mol. The lowest BCUT2D eigenvalue weighted by molar-refractivity contribution is -0.0648. The van der Waals surface area contributed by atoms with E-state index in [0.717, 1.165) is 37.0 Å². The zero-order valence-corrected chi connectivity index (χ0v) is 20.6. The number of aliphatic hydroxyl groups excluding tert-OH is 1. The van der Waals surface area contributed by atoms with E-state index in [1.807, 2.05) is 0 Å². The van der Waals surface area contributed by atoms with Crippen LogP contribution in [0.3, 0.4) is 0 Å². The topological polar surface area (TPSA) is 40.5 Å². The Morgan fingerprint density at radius 3 is 2.43 bits per heavy atom. The lowest BCUT2D eigenvalue weighted by Crippen LogP contribution is -2.50. The van der Waals surface area contributed by atoms with Gasteiger partial charge in [0.15, 0.2) is 0 Å². The van der Waals surface area contributed by atoms with Crippen LogP contribution in [0.2, 0.25) is 0 Å². The molecule has 0 amide bonds. The molecule has 0 radical (unpaired) electrons. The summed E-state index contributed by atoms with van der Waals surface area (Å²) in [5.74, 6) is 4.18. The molecule has 2 nitrogen and oxygen atoms in total. The first kappa shape index (κ1) is 22.8. The van der Waals surface area contributed by atoms with Crippen LogP contribution in [0.1, 0.15) is 106 Å². The molecule has 4 aliphatic rings. The predicted molar refractivity (Wildman–Crippen MR) is 125 cm³/mol. The van der Waals surface area contributed by atoms with Crippen molar-refractivity contribution >= 4 is 0 Å². The van der Waals surface area contributed by atoms with Crippen LogP contribution in [0, 0.1) is 46.3 Å². The van der Waals surface area contributed by atoms with Gasteiger partial charge in [0.25, 0.3) is 0 Å². The number of rotatable bonds is 5. The fraction of sp³-hybridized carbons (Fsp3) is 0.929. The number of hydrogen-bond acceptors (Lipinski definition) is 2. The van der Waals surface area contributed by atoms with E-state index in [-0.39, 0.29) is 6.10 Å². The summed E-state index contributed by atoms with van der Waals surface area (Å²) in [4.78, 5) is 0. The minimum Gasteiger partial charge on any atom is -0.393 e. The largest absolute Gasteiger partial charge is 0.393 e. The molecule has 0 aliphatic heterocycles. The molecule has 30 heavy (non-hydrogen) atoms. The SMILES string of the molecule is CC(C)[C@@H](O)CC[C@@H](C)[C@H]1CC[C@H]2[C@@H]3CC[C@H]4C[C@@](C)(O)CC[C@]4(C)C3=CC[C@]12C. The van der Waals surface area contributed by atoms with Gasteiger partial charge in [0.1, 0.15) is 0 Å². The molecule has 172 valence electrons. The molecule has 0 aromatic rings. The molecule has 0 aromatic heterocycles. The number of fused-ring (bicyclic) bond motifs is 5. The first-order valence-electron chi connectivity index (χ1n) is 13.1. The van der Waals surface area contributed by atoms with Gasteiger partial charge in [0, 0.05) is 0 Å². The smallest absolute Gasteiger partial charge is 0.0623 e. The molecule has 4 aliphatic carbocycles. The highest BCUT2D eigenvalue weighted by Gasteiger charge is 2.58. The lowest BCUT2D eigenvalue weighted by atomic mass is 9.47. The van der Waals surface area contributed by atoms with Crippen molar-refractivity contribution in [3.63, 3.8) is 0 Å². The Bertz CT molecular complexity index is 664. The van der Waals surface area contributed by atoms with Crippen LogP contribution in [0.25, 0.3) is 0 Å². The molecule has 0 bridgehead atoms. The van der Waals surface area contributed by atoms with Gasteiger partial charge in [-0.2, -0.15) is 0 Å². The summed E-state index contributed by atoms with van der Waals surface area (Å²) in [5, 5.41) is 21.0. The van der Waals surface area contributed by atoms with Crippen molar-refractivity contribution < 1.29 is 10.2 Å². The summed E-state index contributed by atoms with van der Waals surface area (Å²) in [6.07, 6.45) is 14.5. The second-order valence-corrected chi connectivity index (χ2v) is 13.0. The van der Waals surface area contributed by atoms with E-state index in [2.05, 4.69) is 47.6 Å². The van der Waals surface area contributed by atoms with Crippen molar-refractivity contribution in [2.24, 2.45) is 46.3 Å². The Morgan fingerprint density at radius 1 is 1.00 bits per heavy atom. The van der Waals surface area contributed by atoms with Crippen molar-refractivity contribution in [3.05, 3.63) is 11.6 Å². The van der Waals surface area contributed by atoms with E-state index in [1.54, 1.807) is 5.57 Å². The Balaban J connectivity index is 1.51. The first-order chi connectivity index (χ1) is 14.0. The van der Waals surface area contributed by atoms with Crippen LogP contribution < -0.4 is 0 Å².